The third kappa shape index (κ3) is 36.2. The van der Waals surface area contributed by atoms with Crippen LogP contribution in [0.2, 0.25) is 0 Å². The number of amides is 5. The van der Waals surface area contributed by atoms with Crippen LogP contribution < -0.4 is 26.6 Å². The molecule has 0 aliphatic heterocycles. The summed E-state index contributed by atoms with van der Waals surface area (Å²) in [6.07, 6.45) is 10.1. The SMILES string of the molecule is O=[C]CC[C@H](NC(=O)CC[C@H](NC(=O)COCCOCCNC(=O)COCCOCCNC(=O)CC[C@H](NC(=O)CCCCCCCCCCCCC(=O)O)C(=O)O)C(=O)O)C(=O)O. The molecule has 365 valence electrons. The van der Waals surface area contributed by atoms with Crippen LogP contribution in [0.15, 0.2) is 0 Å². The number of hydrogen-bond acceptors (Lipinski definition) is 14. The van der Waals surface area contributed by atoms with Crippen molar-refractivity contribution in [3.63, 3.8) is 0 Å². The fourth-order valence-electron chi connectivity index (χ4n) is 5.71. The monoisotopic (exact) mass is 918 g/mol. The van der Waals surface area contributed by atoms with E-state index in [1.54, 1.807) is 0 Å². The smallest absolute Gasteiger partial charge is 0.326 e. The van der Waals surface area contributed by atoms with Crippen LogP contribution in [0, 0.1) is 0 Å². The molecule has 5 amide bonds. The summed E-state index contributed by atoms with van der Waals surface area (Å²) in [5, 5.41) is 48.6. The van der Waals surface area contributed by atoms with Gasteiger partial charge in [-0.3, -0.25) is 33.6 Å². The summed E-state index contributed by atoms with van der Waals surface area (Å²) in [5.74, 6) is -7.48. The third-order valence-corrected chi connectivity index (χ3v) is 9.15. The number of carbonyl (C=O) groups excluding carboxylic acids is 6. The predicted molar refractivity (Wildman–Crippen MR) is 224 cm³/mol. The van der Waals surface area contributed by atoms with Gasteiger partial charge in [-0.15, -0.1) is 0 Å². The average molecular weight is 919 g/mol. The van der Waals surface area contributed by atoms with E-state index in [2.05, 4.69) is 26.6 Å². The predicted octanol–water partition coefficient (Wildman–Crippen LogP) is 0.210. The van der Waals surface area contributed by atoms with Crippen molar-refractivity contribution < 1.29 is 87.3 Å². The van der Waals surface area contributed by atoms with Gasteiger partial charge in [-0.25, -0.2) is 14.4 Å². The molecule has 0 fully saturated rings. The third-order valence-electron chi connectivity index (χ3n) is 9.15. The number of unbranched alkanes of at least 4 members (excludes halogenated alkanes) is 9. The molecular formula is C41H68N5O18. The van der Waals surface area contributed by atoms with E-state index in [0.717, 1.165) is 51.4 Å². The second-order valence-corrected chi connectivity index (χ2v) is 14.6. The molecular weight excluding hydrogens is 850 g/mol. The highest BCUT2D eigenvalue weighted by Gasteiger charge is 2.24. The Bertz CT molecular complexity index is 1420. The molecule has 0 aromatic carbocycles. The van der Waals surface area contributed by atoms with Crippen molar-refractivity contribution in [3.05, 3.63) is 0 Å². The zero-order valence-electron chi connectivity index (χ0n) is 36.5. The highest BCUT2D eigenvalue weighted by Crippen LogP contribution is 2.12. The average Bonchev–Trinajstić information content (AvgIpc) is 3.24. The van der Waals surface area contributed by atoms with Gasteiger partial charge in [0.25, 0.3) is 0 Å². The van der Waals surface area contributed by atoms with Gasteiger partial charge in [0.1, 0.15) is 31.3 Å². The molecule has 0 rings (SSSR count). The van der Waals surface area contributed by atoms with Crippen LogP contribution >= 0.6 is 0 Å². The van der Waals surface area contributed by atoms with Crippen LogP contribution in [0.1, 0.15) is 116 Å². The molecule has 23 heteroatoms. The molecule has 0 heterocycles. The lowest BCUT2D eigenvalue weighted by molar-refractivity contribution is -0.144. The van der Waals surface area contributed by atoms with Crippen molar-refractivity contribution in [2.24, 2.45) is 0 Å². The number of carboxylic acids is 4. The summed E-state index contributed by atoms with van der Waals surface area (Å²) in [4.78, 5) is 116. The first-order chi connectivity index (χ1) is 30.7. The number of hydrogen-bond donors (Lipinski definition) is 9. The number of aliphatic carboxylic acids is 4. The van der Waals surface area contributed by atoms with E-state index in [9.17, 15) is 58.2 Å². The number of rotatable bonds is 44. The van der Waals surface area contributed by atoms with Crippen LogP contribution in [-0.2, 0) is 66.9 Å². The first-order valence-corrected chi connectivity index (χ1v) is 21.6. The van der Waals surface area contributed by atoms with Crippen molar-refractivity contribution in [1.82, 2.24) is 26.6 Å². The number of carboxylic acid groups (broad SMARTS) is 4. The van der Waals surface area contributed by atoms with Crippen LogP contribution in [0.5, 0.6) is 0 Å². The maximum absolute atomic E-state index is 12.3. The van der Waals surface area contributed by atoms with Gasteiger partial charge in [-0.1, -0.05) is 51.4 Å². The summed E-state index contributed by atoms with van der Waals surface area (Å²) < 4.78 is 21.0. The largest absolute Gasteiger partial charge is 0.481 e. The lowest BCUT2D eigenvalue weighted by atomic mass is 10.0. The summed E-state index contributed by atoms with van der Waals surface area (Å²) in [5.41, 5.74) is 0. The quantitative estimate of drug-likeness (QED) is 0.0369. The summed E-state index contributed by atoms with van der Waals surface area (Å²) in [6, 6.07) is -3.96. The van der Waals surface area contributed by atoms with Gasteiger partial charge in [-0.2, -0.15) is 0 Å². The Balaban J connectivity index is 3.87. The molecule has 64 heavy (non-hydrogen) atoms. The Labute approximate surface area is 372 Å². The van der Waals surface area contributed by atoms with Crippen molar-refractivity contribution in [1.29, 1.82) is 0 Å². The topological polar surface area (TPSA) is 349 Å². The Morgan fingerprint density at radius 1 is 0.406 bits per heavy atom. The van der Waals surface area contributed by atoms with Gasteiger partial charge in [0.15, 0.2) is 6.29 Å². The lowest BCUT2D eigenvalue weighted by Gasteiger charge is -2.16. The van der Waals surface area contributed by atoms with Gasteiger partial charge >= 0.3 is 23.9 Å². The van der Waals surface area contributed by atoms with Crippen molar-refractivity contribution >= 4 is 59.7 Å². The van der Waals surface area contributed by atoms with E-state index in [1.807, 2.05) is 0 Å². The zero-order chi connectivity index (χ0) is 47.8. The maximum atomic E-state index is 12.3. The van der Waals surface area contributed by atoms with E-state index in [0.29, 0.717) is 12.8 Å². The zero-order valence-corrected chi connectivity index (χ0v) is 36.5. The van der Waals surface area contributed by atoms with Gasteiger partial charge in [0.05, 0.1) is 39.6 Å². The molecule has 0 bridgehead atoms. The van der Waals surface area contributed by atoms with E-state index in [4.69, 9.17) is 29.2 Å². The number of ether oxygens (including phenoxy) is 4. The highest BCUT2D eigenvalue weighted by atomic mass is 16.5. The first kappa shape index (κ1) is 58.7. The first-order valence-electron chi connectivity index (χ1n) is 21.6. The van der Waals surface area contributed by atoms with E-state index in [-0.39, 0.29) is 110 Å². The molecule has 9 N–H and O–H groups in total. The number of carbonyl (C=O) groups is 9. The molecule has 0 unspecified atom stereocenters. The fourth-order valence-corrected chi connectivity index (χ4v) is 5.71. The second kappa shape index (κ2) is 39.3. The van der Waals surface area contributed by atoms with Crippen molar-refractivity contribution in [2.75, 3.05) is 65.9 Å². The van der Waals surface area contributed by atoms with Gasteiger partial charge in [-0.05, 0) is 32.1 Å². The molecule has 3 atom stereocenters. The Kier molecular flexibility index (Phi) is 36.1. The summed E-state index contributed by atoms with van der Waals surface area (Å²) in [7, 11) is 0. The minimum Gasteiger partial charge on any atom is -0.481 e. The minimum absolute atomic E-state index is 0.0282. The molecule has 0 aromatic heterocycles. The molecule has 0 aliphatic rings. The minimum atomic E-state index is -1.44. The maximum Gasteiger partial charge on any atom is 0.326 e. The summed E-state index contributed by atoms with van der Waals surface area (Å²) >= 11 is 0. The Hall–Kier alpha value is -5.26. The molecule has 0 saturated heterocycles. The Morgan fingerprint density at radius 3 is 1.25 bits per heavy atom. The van der Waals surface area contributed by atoms with E-state index >= 15 is 0 Å². The van der Waals surface area contributed by atoms with Crippen LogP contribution in [0.3, 0.4) is 0 Å². The van der Waals surface area contributed by atoms with E-state index in [1.165, 1.54) is 6.29 Å². The van der Waals surface area contributed by atoms with Crippen LogP contribution in [-0.4, -0.2) is 164 Å². The number of nitrogens with one attached hydrogen (secondary N) is 5. The molecule has 0 saturated carbocycles. The van der Waals surface area contributed by atoms with Gasteiger partial charge in [0.2, 0.25) is 29.5 Å². The molecule has 23 nitrogen and oxygen atoms in total. The van der Waals surface area contributed by atoms with E-state index < -0.39 is 78.7 Å². The molecule has 0 aromatic rings. The van der Waals surface area contributed by atoms with Crippen molar-refractivity contribution in [3.8, 4) is 0 Å². The fraction of sp³-hybridized carbons (Fsp3) is 0.756. The van der Waals surface area contributed by atoms with Crippen LogP contribution in [0.25, 0.3) is 0 Å². The van der Waals surface area contributed by atoms with Crippen LogP contribution in [0.4, 0.5) is 0 Å². The summed E-state index contributed by atoms with van der Waals surface area (Å²) in [6.45, 7) is 0.0884. The molecule has 1 radical (unpaired) electrons. The Morgan fingerprint density at radius 2 is 0.781 bits per heavy atom. The molecule has 0 spiro atoms. The highest BCUT2D eigenvalue weighted by molar-refractivity contribution is 5.87. The van der Waals surface area contributed by atoms with Gasteiger partial charge < -0.3 is 66.0 Å². The standard InChI is InChI=1S/C41H68N5O18/c47-21-11-12-30(39(55)56)44-35(50)18-16-32(41(59)60)46-37(52)29-64-27-25-62-23-20-43-36(51)28-63-26-24-61-22-19-42-33(48)17-15-31(40(57)58)45-34(49)13-9-7-5-3-1-2-4-6-8-10-14-38(53)54/h30-32H,1-20,22-29H2,(H,42,48)(H,43,51)(H,44,50)(H,45,49)(H,46,52)(H,53,54)(H,55,56)(H,57,58)(H,59,60)/t30-,31-,32-/m0/s1. The lowest BCUT2D eigenvalue weighted by Crippen LogP contribution is -2.44. The van der Waals surface area contributed by atoms with Gasteiger partial charge in [0, 0.05) is 45.2 Å². The second-order valence-electron chi connectivity index (χ2n) is 14.6. The molecule has 0 aliphatic carbocycles. The van der Waals surface area contributed by atoms with Crippen molar-refractivity contribution in [2.45, 2.75) is 134 Å². The normalized spacial score (nSPS) is 12.2.